The lowest BCUT2D eigenvalue weighted by atomic mass is 9.96. The summed E-state index contributed by atoms with van der Waals surface area (Å²) in [5, 5.41) is 19.0. The lowest BCUT2D eigenvalue weighted by molar-refractivity contribution is -0.384. The maximum absolute atomic E-state index is 12.1. The monoisotopic (exact) mass is 584 g/mol. The molecule has 3 heterocycles. The van der Waals surface area contributed by atoms with E-state index in [2.05, 4.69) is 26.6 Å². The molecule has 1 saturated heterocycles. The highest BCUT2D eigenvalue weighted by atomic mass is 32.1. The van der Waals surface area contributed by atoms with Gasteiger partial charge in [-0.3, -0.25) is 19.9 Å². The number of nitro groups is 1. The molecule has 0 spiro atoms. The van der Waals surface area contributed by atoms with Crippen molar-refractivity contribution in [3.8, 4) is 11.4 Å². The van der Waals surface area contributed by atoms with Gasteiger partial charge in [-0.25, -0.2) is 0 Å². The Balaban J connectivity index is 1.66. The molecular formula is C31H32N6O4S. The summed E-state index contributed by atoms with van der Waals surface area (Å²) in [7, 11) is 1.48. The zero-order chi connectivity index (χ0) is 30.1. The van der Waals surface area contributed by atoms with Crippen LogP contribution in [0.15, 0.2) is 66.9 Å². The van der Waals surface area contributed by atoms with E-state index < -0.39 is 4.92 Å². The van der Waals surface area contributed by atoms with Crippen LogP contribution in [0.4, 0.5) is 17.1 Å². The van der Waals surface area contributed by atoms with Gasteiger partial charge in [-0.2, -0.15) is 0 Å². The van der Waals surface area contributed by atoms with E-state index >= 15 is 0 Å². The number of hydrogen-bond acceptors (Lipinski definition) is 6. The van der Waals surface area contributed by atoms with E-state index in [1.54, 1.807) is 18.3 Å². The molecule has 0 bridgehead atoms. The summed E-state index contributed by atoms with van der Waals surface area (Å²) >= 11 is 5.91. The van der Waals surface area contributed by atoms with Crippen LogP contribution in [-0.2, 0) is 4.79 Å². The standard InChI is InChI=1S/C31H32N6O4S/c1-6-28(38)33-24-12-10-21(15-18(24)2)36-30(29(34-31(36)42)25-9-7-8-14-32-25)23-16-19(3)35(20(23)4)26-13-11-22(41-5)17-27(26)37(39)40/h7-17,29-30H,6H2,1-5H3,(H,33,38)(H,34,42)/t29-,30+/m1/s1. The van der Waals surface area contributed by atoms with Crippen molar-refractivity contribution in [2.45, 2.75) is 46.2 Å². The van der Waals surface area contributed by atoms with Crippen LogP contribution >= 0.6 is 12.2 Å². The summed E-state index contributed by atoms with van der Waals surface area (Å²) in [5.41, 5.74) is 6.32. The Labute approximate surface area is 249 Å². The molecule has 2 atom stereocenters. The molecule has 1 aliphatic heterocycles. The highest BCUT2D eigenvalue weighted by Gasteiger charge is 2.42. The van der Waals surface area contributed by atoms with Crippen molar-refractivity contribution >= 4 is 40.3 Å². The van der Waals surface area contributed by atoms with Crippen LogP contribution in [0.25, 0.3) is 5.69 Å². The molecule has 0 aliphatic carbocycles. The molecule has 2 aromatic carbocycles. The number of rotatable bonds is 8. The molecule has 0 unspecified atom stereocenters. The Bertz CT molecular complexity index is 1690. The maximum Gasteiger partial charge on any atom is 0.296 e. The maximum atomic E-state index is 12.1. The first-order valence-corrected chi connectivity index (χ1v) is 14.0. The van der Waals surface area contributed by atoms with E-state index in [-0.39, 0.29) is 23.7 Å². The zero-order valence-electron chi connectivity index (χ0n) is 24.0. The minimum atomic E-state index is -0.396. The van der Waals surface area contributed by atoms with E-state index in [0.29, 0.717) is 23.0 Å². The molecule has 1 amide bonds. The Morgan fingerprint density at radius 3 is 2.57 bits per heavy atom. The van der Waals surface area contributed by atoms with Gasteiger partial charge in [0.25, 0.3) is 5.69 Å². The molecule has 2 N–H and O–H groups in total. The van der Waals surface area contributed by atoms with Gasteiger partial charge in [0.05, 0.1) is 35.9 Å². The third kappa shape index (κ3) is 5.18. The fourth-order valence-electron chi connectivity index (χ4n) is 5.55. The average Bonchev–Trinajstić information content (AvgIpc) is 3.48. The predicted octanol–water partition coefficient (Wildman–Crippen LogP) is 6.24. The summed E-state index contributed by atoms with van der Waals surface area (Å²) in [6.07, 6.45) is 2.14. The third-order valence-corrected chi connectivity index (χ3v) is 7.91. The number of benzene rings is 2. The van der Waals surface area contributed by atoms with Crippen LogP contribution in [-0.4, -0.2) is 32.6 Å². The van der Waals surface area contributed by atoms with E-state index in [1.807, 2.05) is 68.7 Å². The second-order valence-electron chi connectivity index (χ2n) is 10.2. The van der Waals surface area contributed by atoms with Gasteiger partial charge in [0, 0.05) is 35.4 Å². The summed E-state index contributed by atoms with van der Waals surface area (Å²) < 4.78 is 7.15. The molecule has 0 radical (unpaired) electrons. The first-order chi connectivity index (χ1) is 20.1. The van der Waals surface area contributed by atoms with Crippen LogP contribution < -0.4 is 20.3 Å². The molecule has 1 aliphatic rings. The fourth-order valence-corrected chi connectivity index (χ4v) is 5.89. The van der Waals surface area contributed by atoms with E-state index in [0.717, 1.165) is 39.6 Å². The molecule has 5 rings (SSSR count). The Morgan fingerprint density at radius 1 is 1.14 bits per heavy atom. The van der Waals surface area contributed by atoms with Gasteiger partial charge in [-0.1, -0.05) is 13.0 Å². The largest absolute Gasteiger partial charge is 0.496 e. The van der Waals surface area contributed by atoms with Gasteiger partial charge >= 0.3 is 0 Å². The number of thiocarbonyl (C=S) groups is 1. The molecule has 10 nitrogen and oxygen atoms in total. The smallest absolute Gasteiger partial charge is 0.296 e. The number of nitrogens with one attached hydrogen (secondary N) is 2. The highest BCUT2D eigenvalue weighted by molar-refractivity contribution is 7.80. The van der Waals surface area contributed by atoms with Crippen molar-refractivity contribution in [2.24, 2.45) is 0 Å². The summed E-state index contributed by atoms with van der Waals surface area (Å²) in [5.74, 6) is 0.353. The quantitative estimate of drug-likeness (QED) is 0.142. The van der Waals surface area contributed by atoms with Crippen molar-refractivity contribution in [2.75, 3.05) is 17.3 Å². The number of aryl methyl sites for hydroxylation is 2. The van der Waals surface area contributed by atoms with Crippen LogP contribution in [0.5, 0.6) is 5.75 Å². The van der Waals surface area contributed by atoms with E-state index in [4.69, 9.17) is 17.0 Å². The lowest BCUT2D eigenvalue weighted by Crippen LogP contribution is -2.29. The van der Waals surface area contributed by atoms with Crippen molar-refractivity contribution in [1.82, 2.24) is 14.9 Å². The number of pyridine rings is 1. The fraction of sp³-hybridized carbons (Fsp3) is 0.258. The molecular weight excluding hydrogens is 552 g/mol. The SMILES string of the molecule is CCC(=O)Nc1ccc(N2C(=S)N[C@H](c3ccccn3)[C@@H]2c2cc(C)n(-c3ccc(OC)cc3[N+](=O)[O-])c2C)cc1C. The Morgan fingerprint density at radius 2 is 1.93 bits per heavy atom. The number of hydrogen-bond donors (Lipinski definition) is 2. The summed E-state index contributed by atoms with van der Waals surface area (Å²) in [6.45, 7) is 7.65. The number of amides is 1. The predicted molar refractivity (Wildman–Crippen MR) is 166 cm³/mol. The first kappa shape index (κ1) is 28.7. The van der Waals surface area contributed by atoms with Gasteiger partial charge in [0.2, 0.25) is 5.91 Å². The highest BCUT2D eigenvalue weighted by Crippen LogP contribution is 2.45. The molecule has 0 saturated carbocycles. The second kappa shape index (κ2) is 11.6. The number of aromatic nitrogens is 2. The number of ether oxygens (including phenoxy) is 1. The molecule has 42 heavy (non-hydrogen) atoms. The van der Waals surface area contributed by atoms with E-state index in [1.165, 1.54) is 13.2 Å². The first-order valence-electron chi connectivity index (χ1n) is 13.6. The number of carbonyl (C=O) groups excluding carboxylic acids is 1. The van der Waals surface area contributed by atoms with Crippen LogP contribution in [0.1, 0.15) is 53.6 Å². The summed E-state index contributed by atoms with van der Waals surface area (Å²) in [6, 6.07) is 17.9. The molecule has 11 heteroatoms. The number of carbonyl (C=O) groups is 1. The topological polar surface area (TPSA) is 115 Å². The van der Waals surface area contributed by atoms with Gasteiger partial charge in [0.15, 0.2) is 5.11 Å². The number of nitro benzene ring substituents is 1. The van der Waals surface area contributed by atoms with Gasteiger partial charge in [-0.05, 0) is 92.6 Å². The van der Waals surface area contributed by atoms with Crippen LogP contribution in [0.2, 0.25) is 0 Å². The molecule has 4 aromatic rings. The van der Waals surface area contributed by atoms with Gasteiger partial charge in [0.1, 0.15) is 11.4 Å². The molecule has 1 fully saturated rings. The number of anilines is 2. The third-order valence-electron chi connectivity index (χ3n) is 7.59. The van der Waals surface area contributed by atoms with Crippen molar-refractivity contribution in [3.05, 3.63) is 105 Å². The normalized spacial score (nSPS) is 16.3. The zero-order valence-corrected chi connectivity index (χ0v) is 24.9. The second-order valence-corrected chi connectivity index (χ2v) is 10.6. The summed E-state index contributed by atoms with van der Waals surface area (Å²) in [4.78, 5) is 30.4. The Hall–Kier alpha value is -4.77. The molecule has 2 aromatic heterocycles. The lowest BCUT2D eigenvalue weighted by Gasteiger charge is -2.29. The van der Waals surface area contributed by atoms with Gasteiger partial charge < -0.3 is 24.8 Å². The molecule has 216 valence electrons. The van der Waals surface area contributed by atoms with E-state index in [9.17, 15) is 14.9 Å². The van der Waals surface area contributed by atoms with Crippen molar-refractivity contribution in [1.29, 1.82) is 0 Å². The number of nitrogens with zero attached hydrogens (tertiary/aromatic N) is 4. The van der Waals surface area contributed by atoms with Crippen LogP contribution in [0.3, 0.4) is 0 Å². The average molecular weight is 585 g/mol. The minimum Gasteiger partial charge on any atom is -0.496 e. The minimum absolute atomic E-state index is 0.0544. The van der Waals surface area contributed by atoms with Gasteiger partial charge in [-0.15, -0.1) is 0 Å². The van der Waals surface area contributed by atoms with Crippen LogP contribution in [0, 0.1) is 30.9 Å². The number of methoxy groups -OCH3 is 1. The Kier molecular flexibility index (Phi) is 7.95. The van der Waals surface area contributed by atoms with Crippen molar-refractivity contribution in [3.63, 3.8) is 0 Å². The van der Waals surface area contributed by atoms with Crippen molar-refractivity contribution < 1.29 is 14.5 Å².